The van der Waals surface area contributed by atoms with Crippen LogP contribution in [0.25, 0.3) is 21.9 Å². The number of benzene rings is 2. The van der Waals surface area contributed by atoms with E-state index < -0.39 is 6.01 Å². The Balaban J connectivity index is 1.38. The Kier molecular flexibility index (Phi) is 6.07. The number of aromatic nitrogens is 4. The lowest BCUT2D eigenvalue weighted by Crippen LogP contribution is -2.25. The van der Waals surface area contributed by atoms with Crippen LogP contribution in [0.15, 0.2) is 59.0 Å². The third kappa shape index (κ3) is 4.47. The largest absolute Gasteiger partial charge is 0.493 e. The minimum absolute atomic E-state index is 0.0575. The van der Waals surface area contributed by atoms with Gasteiger partial charge in [-0.3, -0.25) is 0 Å². The monoisotopic (exact) mass is 559 g/mol. The van der Waals surface area contributed by atoms with Crippen LogP contribution in [-0.2, 0) is 0 Å². The van der Waals surface area contributed by atoms with Gasteiger partial charge in [-0.05, 0) is 40.8 Å². The van der Waals surface area contributed by atoms with Crippen LogP contribution in [-0.4, -0.2) is 46.2 Å². The molecule has 2 aromatic carbocycles. The van der Waals surface area contributed by atoms with Crippen molar-refractivity contribution in [3.8, 4) is 17.4 Å². The second kappa shape index (κ2) is 9.30. The Morgan fingerprint density at radius 2 is 1.97 bits per heavy atom. The number of hydrogen-bond donors (Lipinski definition) is 0. The van der Waals surface area contributed by atoms with Crippen LogP contribution in [0.3, 0.4) is 0 Å². The number of hydrogen-bond acceptors (Lipinski definition) is 8. The Bertz CT molecular complexity index is 1350. The summed E-state index contributed by atoms with van der Waals surface area (Å²) in [6.45, 7) is 1.39. The van der Waals surface area contributed by atoms with Crippen molar-refractivity contribution in [3.63, 3.8) is 0 Å². The highest BCUT2D eigenvalue weighted by molar-refractivity contribution is 14.1. The van der Waals surface area contributed by atoms with E-state index in [0.717, 1.165) is 35.2 Å². The summed E-state index contributed by atoms with van der Waals surface area (Å²) >= 11 is 1.77. The molecule has 5 rings (SSSR count). The van der Waals surface area contributed by atoms with Gasteiger partial charge < -0.3 is 19.1 Å². The first kappa shape index (κ1) is 21.6. The van der Waals surface area contributed by atoms with Gasteiger partial charge in [-0.25, -0.2) is 19.9 Å². The van der Waals surface area contributed by atoms with Crippen LogP contribution >= 0.6 is 22.6 Å². The van der Waals surface area contributed by atoms with E-state index in [2.05, 4.69) is 24.8 Å². The van der Waals surface area contributed by atoms with Gasteiger partial charge in [0.1, 0.15) is 18.2 Å². The average Bonchev–Trinajstić information content (AvgIpc) is 3.31. The maximum atomic E-state index is 13.7. The highest BCUT2D eigenvalue weighted by atomic mass is 127. The number of nitrogens with zero attached hydrogens (tertiary/aromatic N) is 5. The molecule has 1 atom stereocenters. The minimum Gasteiger partial charge on any atom is -0.493 e. The molecule has 1 aliphatic heterocycles. The molecule has 0 N–H and O–H groups in total. The topological polar surface area (TPSA) is 82.5 Å². The molecule has 2 aromatic heterocycles. The van der Waals surface area contributed by atoms with E-state index in [-0.39, 0.29) is 11.9 Å². The van der Waals surface area contributed by atoms with E-state index in [1.165, 1.54) is 17.5 Å². The van der Waals surface area contributed by atoms with Crippen LogP contribution in [0.1, 0.15) is 6.42 Å². The molecule has 33 heavy (non-hydrogen) atoms. The van der Waals surface area contributed by atoms with E-state index in [1.54, 1.807) is 40.9 Å². The molecule has 0 spiro atoms. The quantitative estimate of drug-likeness (QED) is 0.246. The number of fused-ring (bicyclic) bond motifs is 2. The standard InChI is InChI=1S/C23H19FIN5O3/c1-31-19-8-15-18(9-20(19)33-21(24)10-25)27-13-28-23(15)30-7-6-14(12-30)32-22-11-26-16-4-2-3-5-17(16)29-22/h2-5,8-11,13-14H,6-7,12H2,1H3/b21-10+. The zero-order valence-corrected chi connectivity index (χ0v) is 19.8. The summed E-state index contributed by atoms with van der Waals surface area (Å²) in [5.41, 5.74) is 2.25. The first-order chi connectivity index (χ1) is 16.1. The van der Waals surface area contributed by atoms with Crippen LogP contribution in [0.4, 0.5) is 10.2 Å². The number of halogens is 2. The van der Waals surface area contributed by atoms with Gasteiger partial charge in [-0.2, -0.15) is 4.39 Å². The molecule has 1 aliphatic rings. The zero-order valence-electron chi connectivity index (χ0n) is 17.6. The molecule has 10 heteroatoms. The van der Waals surface area contributed by atoms with Crippen molar-refractivity contribution in [2.45, 2.75) is 12.5 Å². The molecular weight excluding hydrogens is 540 g/mol. The van der Waals surface area contributed by atoms with Crippen molar-refractivity contribution in [2.24, 2.45) is 0 Å². The van der Waals surface area contributed by atoms with Crippen molar-refractivity contribution in [3.05, 3.63) is 59.0 Å². The molecule has 8 nitrogen and oxygen atoms in total. The third-order valence-electron chi connectivity index (χ3n) is 5.35. The molecule has 1 saturated heterocycles. The molecular formula is C23H19FIN5O3. The Morgan fingerprint density at radius 1 is 1.12 bits per heavy atom. The van der Waals surface area contributed by atoms with E-state index in [4.69, 9.17) is 14.2 Å². The van der Waals surface area contributed by atoms with Crippen molar-refractivity contribution < 1.29 is 18.6 Å². The molecule has 0 radical (unpaired) electrons. The molecule has 0 saturated carbocycles. The van der Waals surface area contributed by atoms with Crippen LogP contribution in [0.2, 0.25) is 0 Å². The second-order valence-corrected chi connectivity index (χ2v) is 8.03. The van der Waals surface area contributed by atoms with Crippen molar-refractivity contribution in [1.82, 2.24) is 19.9 Å². The highest BCUT2D eigenvalue weighted by Crippen LogP contribution is 2.37. The number of rotatable bonds is 6. The Labute approximate surface area is 202 Å². The van der Waals surface area contributed by atoms with Gasteiger partial charge in [-0.15, -0.1) is 0 Å². The first-order valence-electron chi connectivity index (χ1n) is 10.2. The van der Waals surface area contributed by atoms with Crippen molar-refractivity contribution in [2.75, 3.05) is 25.1 Å². The van der Waals surface area contributed by atoms with E-state index >= 15 is 0 Å². The van der Waals surface area contributed by atoms with Gasteiger partial charge in [0.15, 0.2) is 11.5 Å². The fourth-order valence-corrected chi connectivity index (χ4v) is 3.98. The molecule has 0 amide bonds. The molecule has 4 aromatic rings. The molecule has 0 bridgehead atoms. The molecule has 1 unspecified atom stereocenters. The fourth-order valence-electron chi connectivity index (χ4n) is 3.85. The van der Waals surface area contributed by atoms with Crippen LogP contribution in [0.5, 0.6) is 17.4 Å². The molecule has 1 fully saturated rings. The van der Waals surface area contributed by atoms with E-state index in [1.807, 2.05) is 24.3 Å². The predicted molar refractivity (Wildman–Crippen MR) is 131 cm³/mol. The van der Waals surface area contributed by atoms with Gasteiger partial charge >= 0.3 is 0 Å². The summed E-state index contributed by atoms with van der Waals surface area (Å²) < 4.78 is 31.6. The highest BCUT2D eigenvalue weighted by Gasteiger charge is 2.27. The summed E-state index contributed by atoms with van der Waals surface area (Å²) in [5.74, 6) is 1.90. The Morgan fingerprint density at radius 3 is 2.79 bits per heavy atom. The maximum Gasteiger partial charge on any atom is 0.284 e. The molecule has 0 aliphatic carbocycles. The first-order valence-corrected chi connectivity index (χ1v) is 11.5. The molecule has 3 heterocycles. The average molecular weight is 559 g/mol. The van der Waals surface area contributed by atoms with Gasteiger partial charge in [0, 0.05) is 28.5 Å². The van der Waals surface area contributed by atoms with Crippen LogP contribution in [0, 0.1) is 0 Å². The number of ether oxygens (including phenoxy) is 3. The minimum atomic E-state index is -0.723. The maximum absolute atomic E-state index is 13.7. The smallest absolute Gasteiger partial charge is 0.284 e. The summed E-state index contributed by atoms with van der Waals surface area (Å²) in [6, 6.07) is 10.4. The predicted octanol–water partition coefficient (Wildman–Crippen LogP) is 4.82. The summed E-state index contributed by atoms with van der Waals surface area (Å²) in [6.07, 6.45) is 3.89. The number of para-hydroxylation sites is 2. The molecule has 168 valence electrons. The summed E-state index contributed by atoms with van der Waals surface area (Å²) in [4.78, 5) is 19.9. The Hall–Kier alpha value is -3.28. The second-order valence-electron chi connectivity index (χ2n) is 7.40. The van der Waals surface area contributed by atoms with Gasteiger partial charge in [-0.1, -0.05) is 12.1 Å². The van der Waals surface area contributed by atoms with Gasteiger partial charge in [0.05, 0.1) is 36.4 Å². The fraction of sp³-hybridized carbons (Fsp3) is 0.217. The summed E-state index contributed by atoms with van der Waals surface area (Å²) in [7, 11) is 1.51. The zero-order chi connectivity index (χ0) is 22.8. The normalized spacial score (nSPS) is 16.4. The third-order valence-corrected chi connectivity index (χ3v) is 5.84. The lowest BCUT2D eigenvalue weighted by atomic mass is 10.2. The van der Waals surface area contributed by atoms with E-state index in [9.17, 15) is 4.39 Å². The van der Waals surface area contributed by atoms with E-state index in [0.29, 0.717) is 23.7 Å². The van der Waals surface area contributed by atoms with Gasteiger partial charge in [0.25, 0.3) is 6.01 Å². The lowest BCUT2D eigenvalue weighted by molar-refractivity contribution is 0.216. The lowest BCUT2D eigenvalue weighted by Gasteiger charge is -2.20. The van der Waals surface area contributed by atoms with Crippen molar-refractivity contribution >= 4 is 50.3 Å². The summed E-state index contributed by atoms with van der Waals surface area (Å²) in [5, 5.41) is 0.784. The van der Waals surface area contributed by atoms with Gasteiger partial charge in [0.2, 0.25) is 5.88 Å². The van der Waals surface area contributed by atoms with Crippen LogP contribution < -0.4 is 19.1 Å². The number of anilines is 1. The SMILES string of the molecule is COc1cc2c(N3CCC(Oc4cnc5ccccc5n4)C3)ncnc2cc1O/C(F)=C/I. The van der Waals surface area contributed by atoms with Crippen molar-refractivity contribution in [1.29, 1.82) is 0 Å². The number of methoxy groups -OCH3 is 1.